The fraction of sp³-hybridized carbons (Fsp3) is 0.625. The zero-order valence-corrected chi connectivity index (χ0v) is 15.1. The molecule has 0 spiro atoms. The Kier molecular flexibility index (Phi) is 4.99. The van der Waals surface area contributed by atoms with Gasteiger partial charge in [-0.25, -0.2) is 0 Å². The molecule has 1 saturated carbocycles. The Labute approximate surface area is 133 Å². The smallest absolute Gasteiger partial charge is 0.123 e. The summed E-state index contributed by atoms with van der Waals surface area (Å²) in [6, 6.07) is 6.26. The molecule has 2 unspecified atom stereocenters. The summed E-state index contributed by atoms with van der Waals surface area (Å²) in [5.41, 5.74) is 1.65. The minimum Gasteiger partial charge on any atom is -0.496 e. The number of benzene rings is 1. The highest BCUT2D eigenvalue weighted by atomic mass is 79.9. The molecule has 0 bridgehead atoms. The summed E-state index contributed by atoms with van der Waals surface area (Å²) in [4.78, 5) is 0.357. The molecule has 2 rings (SSSR count). The third-order valence-corrected chi connectivity index (χ3v) is 6.06. The third-order valence-electron chi connectivity index (χ3n) is 4.43. The predicted octanol–water partition coefficient (Wildman–Crippen LogP) is 6.11. The predicted molar refractivity (Wildman–Crippen MR) is 88.1 cm³/mol. The average molecular weight is 390 g/mol. The monoisotopic (exact) mass is 388 g/mol. The molecule has 1 fully saturated rings. The van der Waals surface area contributed by atoms with E-state index < -0.39 is 0 Å². The second-order valence-corrected chi connectivity index (χ2v) is 8.03. The van der Waals surface area contributed by atoms with Gasteiger partial charge >= 0.3 is 0 Å². The first-order chi connectivity index (χ1) is 8.95. The molecule has 1 aromatic carbocycles. The Morgan fingerprint density at radius 1 is 1.32 bits per heavy atom. The lowest BCUT2D eigenvalue weighted by molar-refractivity contribution is 0.136. The van der Waals surface area contributed by atoms with Gasteiger partial charge in [0.05, 0.1) is 7.11 Å². The summed E-state index contributed by atoms with van der Waals surface area (Å²) in [5, 5.41) is 0. The Morgan fingerprint density at radius 2 is 2.05 bits per heavy atom. The van der Waals surface area contributed by atoms with Crippen LogP contribution in [0.4, 0.5) is 0 Å². The molecule has 2 atom stereocenters. The van der Waals surface area contributed by atoms with E-state index in [0.29, 0.717) is 16.2 Å². The van der Waals surface area contributed by atoms with Gasteiger partial charge in [0, 0.05) is 14.9 Å². The molecule has 1 nitrogen and oxygen atoms in total. The topological polar surface area (TPSA) is 9.23 Å². The summed E-state index contributed by atoms with van der Waals surface area (Å²) in [6.45, 7) is 4.80. The van der Waals surface area contributed by atoms with Crippen LogP contribution in [0.5, 0.6) is 5.75 Å². The zero-order valence-electron chi connectivity index (χ0n) is 11.9. The van der Waals surface area contributed by atoms with Gasteiger partial charge in [-0.15, -0.1) is 0 Å². The molecule has 106 valence electrons. The number of hydrogen-bond donors (Lipinski definition) is 0. The highest BCUT2D eigenvalue weighted by molar-refractivity contribution is 9.10. The molecule has 0 heterocycles. The summed E-state index contributed by atoms with van der Waals surface area (Å²) in [6.07, 6.45) is 5.31. The van der Waals surface area contributed by atoms with E-state index in [1.807, 2.05) is 12.1 Å². The van der Waals surface area contributed by atoms with Crippen LogP contribution in [-0.4, -0.2) is 7.11 Å². The van der Waals surface area contributed by atoms with Crippen molar-refractivity contribution < 1.29 is 4.74 Å². The second kappa shape index (κ2) is 6.17. The maximum absolute atomic E-state index is 5.53. The van der Waals surface area contributed by atoms with Gasteiger partial charge in [-0.3, -0.25) is 0 Å². The second-order valence-electron chi connectivity index (χ2n) is 6.13. The van der Waals surface area contributed by atoms with E-state index >= 15 is 0 Å². The number of alkyl halides is 1. The maximum Gasteiger partial charge on any atom is 0.123 e. The van der Waals surface area contributed by atoms with E-state index in [1.165, 1.54) is 31.2 Å². The molecule has 19 heavy (non-hydrogen) atoms. The van der Waals surface area contributed by atoms with Crippen LogP contribution in [-0.2, 0) is 0 Å². The van der Waals surface area contributed by atoms with Crippen LogP contribution < -0.4 is 4.74 Å². The molecule has 0 aromatic heterocycles. The van der Waals surface area contributed by atoms with Crippen molar-refractivity contribution in [3.63, 3.8) is 0 Å². The van der Waals surface area contributed by atoms with Crippen molar-refractivity contribution in [2.75, 3.05) is 7.11 Å². The first-order valence-corrected chi connectivity index (χ1v) is 8.64. The minimum absolute atomic E-state index is 0.357. The van der Waals surface area contributed by atoms with E-state index in [1.54, 1.807) is 7.11 Å². The van der Waals surface area contributed by atoms with Gasteiger partial charge in [-0.05, 0) is 42.4 Å². The first kappa shape index (κ1) is 15.4. The van der Waals surface area contributed by atoms with Gasteiger partial charge in [0.1, 0.15) is 5.75 Å². The standard InChI is InChI=1S/C16H22Br2O/c1-16(2)9-5-4-6-13(16)15(18)12-10-11(17)7-8-14(12)19-3/h7-8,10,13,15H,4-6,9H2,1-3H3. The molecule has 1 aromatic rings. The highest BCUT2D eigenvalue weighted by Crippen LogP contribution is 2.51. The van der Waals surface area contributed by atoms with Crippen LogP contribution in [0.3, 0.4) is 0 Å². The van der Waals surface area contributed by atoms with Gasteiger partial charge in [-0.1, -0.05) is 58.5 Å². The Hall–Kier alpha value is -0.0200. The van der Waals surface area contributed by atoms with Crippen LogP contribution in [0.15, 0.2) is 22.7 Å². The Balaban J connectivity index is 2.32. The third kappa shape index (κ3) is 3.36. The van der Waals surface area contributed by atoms with E-state index in [9.17, 15) is 0 Å². The molecule has 0 saturated heterocycles. The fourth-order valence-corrected chi connectivity index (χ4v) is 4.92. The summed E-state index contributed by atoms with van der Waals surface area (Å²) >= 11 is 7.52. The van der Waals surface area contributed by atoms with E-state index in [0.717, 1.165) is 10.2 Å². The quantitative estimate of drug-likeness (QED) is 0.566. The molecular formula is C16H22Br2O. The fourth-order valence-electron chi connectivity index (χ4n) is 3.20. The molecule has 3 heteroatoms. The largest absolute Gasteiger partial charge is 0.496 e. The lowest BCUT2D eigenvalue weighted by Crippen LogP contribution is -2.30. The van der Waals surface area contributed by atoms with E-state index in [-0.39, 0.29) is 0 Å². The summed E-state index contributed by atoms with van der Waals surface area (Å²) in [7, 11) is 1.75. The molecule has 0 N–H and O–H groups in total. The van der Waals surface area contributed by atoms with Crippen LogP contribution in [0.1, 0.15) is 49.9 Å². The van der Waals surface area contributed by atoms with Crippen LogP contribution in [0.25, 0.3) is 0 Å². The first-order valence-electron chi connectivity index (χ1n) is 6.93. The van der Waals surface area contributed by atoms with Crippen molar-refractivity contribution in [2.45, 2.75) is 44.4 Å². The van der Waals surface area contributed by atoms with Crippen LogP contribution in [0.2, 0.25) is 0 Å². The van der Waals surface area contributed by atoms with Crippen molar-refractivity contribution >= 4 is 31.9 Å². The molecule has 0 aliphatic heterocycles. The van der Waals surface area contributed by atoms with Crippen molar-refractivity contribution in [1.29, 1.82) is 0 Å². The van der Waals surface area contributed by atoms with Crippen molar-refractivity contribution in [1.82, 2.24) is 0 Å². The van der Waals surface area contributed by atoms with Crippen LogP contribution in [0, 0.1) is 11.3 Å². The highest BCUT2D eigenvalue weighted by Gasteiger charge is 2.38. The van der Waals surface area contributed by atoms with Gasteiger partial charge < -0.3 is 4.74 Å². The normalized spacial score (nSPS) is 23.9. The molecular weight excluding hydrogens is 368 g/mol. The molecule has 1 aliphatic carbocycles. The Morgan fingerprint density at radius 3 is 2.68 bits per heavy atom. The number of methoxy groups -OCH3 is 1. The van der Waals surface area contributed by atoms with Crippen molar-refractivity contribution in [3.8, 4) is 5.75 Å². The molecule has 0 radical (unpaired) electrons. The number of rotatable bonds is 3. The number of ether oxygens (including phenoxy) is 1. The zero-order chi connectivity index (χ0) is 14.0. The summed E-state index contributed by atoms with van der Waals surface area (Å²) in [5.74, 6) is 1.64. The van der Waals surface area contributed by atoms with Crippen molar-refractivity contribution in [2.24, 2.45) is 11.3 Å². The number of hydrogen-bond acceptors (Lipinski definition) is 1. The van der Waals surface area contributed by atoms with Gasteiger partial charge in [0.25, 0.3) is 0 Å². The van der Waals surface area contributed by atoms with Crippen LogP contribution >= 0.6 is 31.9 Å². The van der Waals surface area contributed by atoms with E-state index in [4.69, 9.17) is 4.74 Å². The summed E-state index contributed by atoms with van der Waals surface area (Å²) < 4.78 is 6.64. The lowest BCUT2D eigenvalue weighted by Gasteiger charge is -2.41. The Bertz CT molecular complexity index is 442. The lowest BCUT2D eigenvalue weighted by atomic mass is 9.66. The SMILES string of the molecule is COc1ccc(Br)cc1C(Br)C1CCCCC1(C)C. The average Bonchev–Trinajstić information content (AvgIpc) is 2.37. The number of halogens is 2. The van der Waals surface area contributed by atoms with Gasteiger partial charge in [-0.2, -0.15) is 0 Å². The minimum atomic E-state index is 0.357. The molecule has 1 aliphatic rings. The van der Waals surface area contributed by atoms with Gasteiger partial charge in [0.15, 0.2) is 0 Å². The van der Waals surface area contributed by atoms with Crippen molar-refractivity contribution in [3.05, 3.63) is 28.2 Å². The van der Waals surface area contributed by atoms with E-state index in [2.05, 4.69) is 51.8 Å². The molecule has 0 amide bonds. The maximum atomic E-state index is 5.53. The van der Waals surface area contributed by atoms with Gasteiger partial charge in [0.2, 0.25) is 0 Å².